The average Bonchev–Trinajstić information content (AvgIpc) is 2.26. The van der Waals surface area contributed by atoms with Crippen LogP contribution in [0.15, 0.2) is 0 Å². The van der Waals surface area contributed by atoms with Crippen LogP contribution >= 0.6 is 0 Å². The fraction of sp³-hybridized carbons (Fsp3) is 0.200. The van der Waals surface area contributed by atoms with E-state index in [1.807, 2.05) is 0 Å². The Morgan fingerprint density at radius 3 is 1.30 bits per heavy atom. The predicted octanol–water partition coefficient (Wildman–Crippen LogP) is -0.0360. The molecule has 0 saturated carbocycles. The number of rotatable bonds is 0. The van der Waals surface area contributed by atoms with Gasteiger partial charge in [-0.2, -0.15) is 19.9 Å². The third-order valence-electron chi connectivity index (χ3n) is 2.26. The molecule has 8 N–H and O–H groups in total. The van der Waals surface area contributed by atoms with Gasteiger partial charge in [-0.25, -0.2) is 9.97 Å². The molecular formula is C10H16N10. The van der Waals surface area contributed by atoms with Crippen molar-refractivity contribution in [1.82, 2.24) is 29.9 Å². The quantitative estimate of drug-likeness (QED) is 0.406. The van der Waals surface area contributed by atoms with Crippen LogP contribution in [0.25, 0.3) is 22.3 Å². The smallest absolute Gasteiger partial charge is 0.224 e. The molecule has 20 heavy (non-hydrogen) atoms. The molecule has 0 atom stereocenters. The van der Waals surface area contributed by atoms with Crippen LogP contribution in [-0.4, -0.2) is 29.9 Å². The molecule has 3 aromatic heterocycles. The number of hydrogen-bond donors (Lipinski definition) is 4. The lowest BCUT2D eigenvalue weighted by atomic mass is 10.4. The zero-order chi connectivity index (χ0) is 12.9. The molecule has 0 fully saturated rings. The summed E-state index contributed by atoms with van der Waals surface area (Å²) in [5, 5.41) is 0. The van der Waals surface area contributed by atoms with Crippen molar-refractivity contribution in [2.45, 2.75) is 14.9 Å². The van der Waals surface area contributed by atoms with Gasteiger partial charge in [0.1, 0.15) is 0 Å². The molecule has 0 spiro atoms. The Morgan fingerprint density at radius 2 is 0.900 bits per heavy atom. The molecule has 10 heteroatoms. The minimum atomic E-state index is 0. The van der Waals surface area contributed by atoms with E-state index in [0.717, 1.165) is 0 Å². The highest BCUT2D eigenvalue weighted by Gasteiger charge is 2.12. The van der Waals surface area contributed by atoms with E-state index in [4.69, 9.17) is 22.9 Å². The summed E-state index contributed by atoms with van der Waals surface area (Å²) in [6.45, 7) is 0. The molecule has 0 radical (unpaired) electrons. The average molecular weight is 276 g/mol. The number of anilines is 4. The van der Waals surface area contributed by atoms with Crippen molar-refractivity contribution in [3.05, 3.63) is 0 Å². The van der Waals surface area contributed by atoms with Gasteiger partial charge < -0.3 is 22.9 Å². The molecule has 3 aromatic rings. The first-order valence-corrected chi connectivity index (χ1v) is 4.84. The van der Waals surface area contributed by atoms with Gasteiger partial charge in [0.2, 0.25) is 11.9 Å². The number of nitrogen functional groups attached to an aromatic ring is 4. The van der Waals surface area contributed by atoms with E-state index < -0.39 is 0 Å². The number of nitrogens with zero attached hydrogens (tertiary/aromatic N) is 6. The summed E-state index contributed by atoms with van der Waals surface area (Å²) in [6.07, 6.45) is 0. The molecular weight excluding hydrogens is 260 g/mol. The fourth-order valence-corrected chi connectivity index (χ4v) is 1.54. The van der Waals surface area contributed by atoms with Gasteiger partial charge in [-0.05, 0) is 0 Å². The lowest BCUT2D eigenvalue weighted by Gasteiger charge is -2.04. The minimum absolute atomic E-state index is 0. The third kappa shape index (κ3) is 2.13. The Morgan fingerprint density at radius 1 is 0.500 bits per heavy atom. The van der Waals surface area contributed by atoms with Crippen molar-refractivity contribution in [1.29, 1.82) is 0 Å². The van der Waals surface area contributed by atoms with Crippen molar-refractivity contribution in [3.63, 3.8) is 0 Å². The van der Waals surface area contributed by atoms with Crippen LogP contribution in [0.1, 0.15) is 14.9 Å². The van der Waals surface area contributed by atoms with Gasteiger partial charge in [0, 0.05) is 0 Å². The molecule has 0 amide bonds. The Labute approximate surface area is 114 Å². The first-order chi connectivity index (χ1) is 8.54. The second-order valence-electron chi connectivity index (χ2n) is 3.50. The van der Waals surface area contributed by atoms with Crippen molar-refractivity contribution in [3.8, 4) is 0 Å². The van der Waals surface area contributed by atoms with Gasteiger partial charge >= 0.3 is 0 Å². The maximum atomic E-state index is 5.69. The van der Waals surface area contributed by atoms with Crippen molar-refractivity contribution < 1.29 is 0 Å². The summed E-state index contributed by atoms with van der Waals surface area (Å²) < 4.78 is 0. The van der Waals surface area contributed by atoms with Gasteiger partial charge in [-0.1, -0.05) is 14.9 Å². The normalized spacial score (nSPS) is 10.0. The van der Waals surface area contributed by atoms with Gasteiger partial charge in [-0.15, -0.1) is 0 Å². The standard InChI is InChI=1S/C8H8N10.2CH4/c9-3-1-5(17-7(11)14-3)16-6-2(13-1)4(10)15-8(12)18-6;;/h(H8,9,10,11,12,14,15,16,17,18);2*1H4. The summed E-state index contributed by atoms with van der Waals surface area (Å²) in [6, 6.07) is 0. The zero-order valence-corrected chi connectivity index (χ0v) is 8.99. The SMILES string of the molecule is C.C.Nc1nc(N)c2nc3c(N)nc(N)nc3nc2n1. The number of fused-ring (bicyclic) bond motifs is 2. The van der Waals surface area contributed by atoms with Gasteiger partial charge in [0.15, 0.2) is 34.0 Å². The maximum absolute atomic E-state index is 5.69. The summed E-state index contributed by atoms with van der Waals surface area (Å²) in [7, 11) is 0. The van der Waals surface area contributed by atoms with Gasteiger partial charge in [-0.3, -0.25) is 0 Å². The second-order valence-corrected chi connectivity index (χ2v) is 3.50. The summed E-state index contributed by atoms with van der Waals surface area (Å²) in [5.74, 6) is 0.235. The Bertz CT molecular complexity index is 721. The Kier molecular flexibility index (Phi) is 3.69. The van der Waals surface area contributed by atoms with Crippen molar-refractivity contribution in [2.75, 3.05) is 22.9 Å². The largest absolute Gasteiger partial charge is 0.382 e. The molecule has 0 aromatic carbocycles. The summed E-state index contributed by atoms with van der Waals surface area (Å²) in [4.78, 5) is 23.7. The van der Waals surface area contributed by atoms with Gasteiger partial charge in [0.05, 0.1) is 0 Å². The summed E-state index contributed by atoms with van der Waals surface area (Å²) in [5.41, 5.74) is 23.4. The molecule has 0 saturated heterocycles. The van der Waals surface area contributed by atoms with E-state index in [-0.39, 0.29) is 60.7 Å². The van der Waals surface area contributed by atoms with Crippen LogP contribution in [-0.2, 0) is 0 Å². The highest BCUT2D eigenvalue weighted by molar-refractivity contribution is 5.92. The van der Waals surface area contributed by atoms with E-state index in [2.05, 4.69) is 29.9 Å². The summed E-state index contributed by atoms with van der Waals surface area (Å²) >= 11 is 0. The van der Waals surface area contributed by atoms with E-state index in [1.54, 1.807) is 0 Å². The monoisotopic (exact) mass is 276 g/mol. The van der Waals surface area contributed by atoms with E-state index in [1.165, 1.54) is 0 Å². The molecule has 0 aliphatic rings. The van der Waals surface area contributed by atoms with Gasteiger partial charge in [0.25, 0.3) is 0 Å². The van der Waals surface area contributed by atoms with Crippen LogP contribution in [0.2, 0.25) is 0 Å². The van der Waals surface area contributed by atoms with Crippen LogP contribution in [0, 0.1) is 0 Å². The molecule has 10 nitrogen and oxygen atoms in total. The van der Waals surface area contributed by atoms with Crippen molar-refractivity contribution in [2.24, 2.45) is 0 Å². The zero-order valence-electron chi connectivity index (χ0n) is 8.99. The van der Waals surface area contributed by atoms with Crippen LogP contribution < -0.4 is 22.9 Å². The first-order valence-electron chi connectivity index (χ1n) is 4.84. The van der Waals surface area contributed by atoms with E-state index in [9.17, 15) is 0 Å². The Balaban J connectivity index is 0.000001000. The third-order valence-corrected chi connectivity index (χ3v) is 2.26. The first kappa shape index (κ1) is 15.0. The van der Waals surface area contributed by atoms with Crippen LogP contribution in [0.4, 0.5) is 23.5 Å². The number of hydrogen-bond acceptors (Lipinski definition) is 10. The predicted molar refractivity (Wildman–Crippen MR) is 79.3 cm³/mol. The maximum Gasteiger partial charge on any atom is 0.224 e. The van der Waals surface area contributed by atoms with Crippen LogP contribution in [0.5, 0.6) is 0 Å². The van der Waals surface area contributed by atoms with E-state index in [0.29, 0.717) is 0 Å². The minimum Gasteiger partial charge on any atom is -0.382 e. The molecule has 3 rings (SSSR count). The number of aromatic nitrogens is 6. The lowest BCUT2D eigenvalue weighted by Crippen LogP contribution is -2.06. The highest BCUT2D eigenvalue weighted by atomic mass is 15.1. The molecule has 3 heterocycles. The lowest BCUT2D eigenvalue weighted by molar-refractivity contribution is 1.15. The molecule has 106 valence electrons. The van der Waals surface area contributed by atoms with Crippen molar-refractivity contribution >= 4 is 45.9 Å². The number of nitrogens with two attached hydrogens (primary N) is 4. The Hall–Kier alpha value is -3.04. The van der Waals surface area contributed by atoms with E-state index >= 15 is 0 Å². The molecule has 0 bridgehead atoms. The molecule has 0 unspecified atom stereocenters. The highest BCUT2D eigenvalue weighted by Crippen LogP contribution is 2.21. The fourth-order valence-electron chi connectivity index (χ4n) is 1.54. The van der Waals surface area contributed by atoms with Crippen LogP contribution in [0.3, 0.4) is 0 Å². The topological polar surface area (TPSA) is 181 Å². The second kappa shape index (κ2) is 4.91. The molecule has 0 aliphatic heterocycles. The molecule has 0 aliphatic carbocycles.